The molecule has 2 amide bonds. The predicted octanol–water partition coefficient (Wildman–Crippen LogP) is 2.94. The standard InChI is InChI=1S/C17H22F3N3O2S/c1-9(23-7-3-4-10(8-23)17(18,19)20)15(25)22-16-13(14(21)24)11-5-2-6-12(11)26-16/h9-10H,2-8H2,1H3,(H2,21,24)(H,22,25). The van der Waals surface area contributed by atoms with Crippen LogP contribution in [0.3, 0.4) is 0 Å². The Morgan fingerprint density at radius 2 is 2.04 bits per heavy atom. The molecular weight excluding hydrogens is 367 g/mol. The van der Waals surface area contributed by atoms with Crippen molar-refractivity contribution in [2.75, 3.05) is 18.4 Å². The second-order valence-corrected chi connectivity index (χ2v) is 8.07. The number of primary amides is 1. The Balaban J connectivity index is 1.71. The second-order valence-electron chi connectivity index (χ2n) is 6.97. The number of carbonyl (C=O) groups excluding carboxylic acids is 2. The third-order valence-electron chi connectivity index (χ3n) is 5.25. The van der Waals surface area contributed by atoms with Crippen LogP contribution in [-0.2, 0) is 17.6 Å². The number of nitrogens with two attached hydrogens (primary N) is 1. The molecule has 26 heavy (non-hydrogen) atoms. The van der Waals surface area contributed by atoms with E-state index in [1.807, 2.05) is 0 Å². The number of fused-ring (bicyclic) bond motifs is 1. The zero-order chi connectivity index (χ0) is 19.1. The van der Waals surface area contributed by atoms with E-state index in [-0.39, 0.29) is 13.0 Å². The van der Waals surface area contributed by atoms with E-state index in [1.54, 1.807) is 11.8 Å². The molecule has 0 saturated carbocycles. The third-order valence-corrected chi connectivity index (χ3v) is 6.45. The summed E-state index contributed by atoms with van der Waals surface area (Å²) >= 11 is 1.34. The number of rotatable bonds is 4. The molecule has 0 bridgehead atoms. The van der Waals surface area contributed by atoms with E-state index in [1.165, 1.54) is 11.3 Å². The van der Waals surface area contributed by atoms with Crippen LogP contribution in [0.2, 0.25) is 0 Å². The molecule has 1 aliphatic heterocycles. The van der Waals surface area contributed by atoms with E-state index in [0.717, 1.165) is 29.7 Å². The van der Waals surface area contributed by atoms with Gasteiger partial charge in [-0.1, -0.05) is 0 Å². The van der Waals surface area contributed by atoms with Crippen molar-refractivity contribution < 1.29 is 22.8 Å². The van der Waals surface area contributed by atoms with E-state index in [2.05, 4.69) is 5.32 Å². The molecule has 0 spiro atoms. The smallest absolute Gasteiger partial charge is 0.365 e. The highest BCUT2D eigenvalue weighted by Crippen LogP contribution is 2.39. The Kier molecular flexibility index (Phi) is 5.30. The number of carbonyl (C=O) groups is 2. The molecule has 144 valence electrons. The van der Waals surface area contributed by atoms with Gasteiger partial charge in [-0.25, -0.2) is 0 Å². The summed E-state index contributed by atoms with van der Waals surface area (Å²) in [5, 5.41) is 3.15. The SMILES string of the molecule is CC(C(=O)Nc1sc2c(c1C(N)=O)CCC2)N1CCCC(C(F)(F)F)C1. The zero-order valence-electron chi connectivity index (χ0n) is 14.5. The summed E-state index contributed by atoms with van der Waals surface area (Å²) in [4.78, 5) is 27.0. The van der Waals surface area contributed by atoms with Crippen molar-refractivity contribution in [2.24, 2.45) is 11.7 Å². The van der Waals surface area contributed by atoms with Crippen LogP contribution >= 0.6 is 11.3 Å². The molecule has 2 unspecified atom stereocenters. The molecule has 1 saturated heterocycles. The number of likely N-dealkylation sites (tertiary alicyclic amines) is 1. The molecule has 1 aromatic rings. The van der Waals surface area contributed by atoms with Crippen LogP contribution in [0.5, 0.6) is 0 Å². The van der Waals surface area contributed by atoms with Crippen molar-refractivity contribution in [1.29, 1.82) is 0 Å². The number of alkyl halides is 3. The first kappa shape index (κ1) is 19.2. The summed E-state index contributed by atoms with van der Waals surface area (Å²) in [6.07, 6.45) is -1.18. The second kappa shape index (κ2) is 7.19. The van der Waals surface area contributed by atoms with Crippen LogP contribution in [0.15, 0.2) is 0 Å². The van der Waals surface area contributed by atoms with E-state index in [9.17, 15) is 22.8 Å². The first-order valence-electron chi connectivity index (χ1n) is 8.74. The molecule has 5 nitrogen and oxygen atoms in total. The summed E-state index contributed by atoms with van der Waals surface area (Å²) in [5.74, 6) is -2.39. The number of nitrogens with zero attached hydrogens (tertiary/aromatic N) is 1. The lowest BCUT2D eigenvalue weighted by Crippen LogP contribution is -2.49. The van der Waals surface area contributed by atoms with Gasteiger partial charge in [-0.2, -0.15) is 13.2 Å². The van der Waals surface area contributed by atoms with E-state index < -0.39 is 30.0 Å². The summed E-state index contributed by atoms with van der Waals surface area (Å²) in [5.41, 5.74) is 6.73. The molecule has 3 rings (SSSR count). The highest BCUT2D eigenvalue weighted by molar-refractivity contribution is 7.17. The number of hydrogen-bond donors (Lipinski definition) is 2. The number of thiophene rings is 1. The molecular formula is C17H22F3N3O2S. The van der Waals surface area contributed by atoms with Gasteiger partial charge in [-0.05, 0) is 51.1 Å². The molecule has 2 aliphatic rings. The Morgan fingerprint density at radius 1 is 1.31 bits per heavy atom. The van der Waals surface area contributed by atoms with Gasteiger partial charge in [0.25, 0.3) is 5.91 Å². The minimum atomic E-state index is -4.25. The van der Waals surface area contributed by atoms with Gasteiger partial charge in [0.2, 0.25) is 5.91 Å². The first-order chi connectivity index (χ1) is 12.2. The lowest BCUT2D eigenvalue weighted by molar-refractivity contribution is -0.188. The minimum absolute atomic E-state index is 0.0950. The van der Waals surface area contributed by atoms with Crippen molar-refractivity contribution in [3.05, 3.63) is 16.0 Å². The maximum absolute atomic E-state index is 13.0. The fourth-order valence-corrected chi connectivity index (χ4v) is 5.06. The quantitative estimate of drug-likeness (QED) is 0.831. The van der Waals surface area contributed by atoms with Crippen LogP contribution in [0.25, 0.3) is 0 Å². The number of amides is 2. The van der Waals surface area contributed by atoms with Crippen LogP contribution in [-0.4, -0.2) is 42.0 Å². The summed E-state index contributed by atoms with van der Waals surface area (Å²) in [6, 6.07) is -0.710. The average molecular weight is 389 g/mol. The molecule has 2 atom stereocenters. The predicted molar refractivity (Wildman–Crippen MR) is 93.3 cm³/mol. The van der Waals surface area contributed by atoms with Crippen LogP contribution in [0, 0.1) is 5.92 Å². The Bertz CT molecular complexity index is 717. The molecule has 3 N–H and O–H groups in total. The largest absolute Gasteiger partial charge is 0.393 e. The fraction of sp³-hybridized carbons (Fsp3) is 0.647. The van der Waals surface area contributed by atoms with Crippen molar-refractivity contribution in [1.82, 2.24) is 4.90 Å². The number of piperidine rings is 1. The number of anilines is 1. The van der Waals surface area contributed by atoms with E-state index >= 15 is 0 Å². The average Bonchev–Trinajstić information content (AvgIpc) is 3.13. The van der Waals surface area contributed by atoms with Crippen molar-refractivity contribution in [2.45, 2.75) is 51.2 Å². The molecule has 1 aromatic heterocycles. The highest BCUT2D eigenvalue weighted by atomic mass is 32.1. The number of halogens is 3. The van der Waals surface area contributed by atoms with Gasteiger partial charge in [0.15, 0.2) is 0 Å². The third kappa shape index (κ3) is 3.73. The summed E-state index contributed by atoms with van der Waals surface area (Å²) in [7, 11) is 0. The summed E-state index contributed by atoms with van der Waals surface area (Å²) < 4.78 is 39.0. The van der Waals surface area contributed by atoms with Crippen LogP contribution < -0.4 is 11.1 Å². The molecule has 0 aromatic carbocycles. The summed E-state index contributed by atoms with van der Waals surface area (Å²) in [6.45, 7) is 1.87. The maximum Gasteiger partial charge on any atom is 0.393 e. The van der Waals surface area contributed by atoms with Gasteiger partial charge in [-0.15, -0.1) is 11.3 Å². The molecule has 0 radical (unpaired) electrons. The Labute approximate surface area is 153 Å². The van der Waals surface area contributed by atoms with Crippen molar-refractivity contribution in [3.8, 4) is 0 Å². The Hall–Kier alpha value is -1.61. The van der Waals surface area contributed by atoms with E-state index in [0.29, 0.717) is 23.5 Å². The highest BCUT2D eigenvalue weighted by Gasteiger charge is 2.43. The van der Waals surface area contributed by atoms with Crippen LogP contribution in [0.4, 0.5) is 18.2 Å². The number of hydrogen-bond acceptors (Lipinski definition) is 4. The lowest BCUT2D eigenvalue weighted by Gasteiger charge is -2.36. The normalized spacial score (nSPS) is 22.1. The first-order valence-corrected chi connectivity index (χ1v) is 9.56. The molecule has 1 fully saturated rings. The van der Waals surface area contributed by atoms with Gasteiger partial charge < -0.3 is 11.1 Å². The molecule has 9 heteroatoms. The van der Waals surface area contributed by atoms with Crippen molar-refractivity contribution in [3.63, 3.8) is 0 Å². The van der Waals surface area contributed by atoms with Crippen LogP contribution in [0.1, 0.15) is 47.0 Å². The Morgan fingerprint density at radius 3 is 2.69 bits per heavy atom. The van der Waals surface area contributed by atoms with E-state index in [4.69, 9.17) is 5.73 Å². The topological polar surface area (TPSA) is 75.4 Å². The zero-order valence-corrected chi connectivity index (χ0v) is 15.3. The van der Waals surface area contributed by atoms with Crippen molar-refractivity contribution >= 4 is 28.2 Å². The molecule has 2 heterocycles. The van der Waals surface area contributed by atoms with Gasteiger partial charge >= 0.3 is 6.18 Å². The fourth-order valence-electron chi connectivity index (χ4n) is 3.76. The monoisotopic (exact) mass is 389 g/mol. The van der Waals surface area contributed by atoms with Gasteiger partial charge in [0.1, 0.15) is 5.00 Å². The number of aryl methyl sites for hydroxylation is 1. The molecule has 1 aliphatic carbocycles. The number of nitrogens with one attached hydrogen (secondary N) is 1. The van der Waals surface area contributed by atoms with Gasteiger partial charge in [-0.3, -0.25) is 14.5 Å². The maximum atomic E-state index is 13.0. The minimum Gasteiger partial charge on any atom is -0.365 e. The van der Waals surface area contributed by atoms with Gasteiger partial charge in [0, 0.05) is 11.4 Å². The van der Waals surface area contributed by atoms with Gasteiger partial charge in [0.05, 0.1) is 17.5 Å². The lowest BCUT2D eigenvalue weighted by atomic mass is 9.96.